The van der Waals surface area contributed by atoms with Crippen molar-refractivity contribution in [3.63, 3.8) is 0 Å². The number of hydrogen-bond donors (Lipinski definition) is 1. The van der Waals surface area contributed by atoms with Crippen LogP contribution in [0, 0.1) is 5.92 Å². The Morgan fingerprint density at radius 1 is 1.00 bits per heavy atom. The lowest BCUT2D eigenvalue weighted by molar-refractivity contribution is -0.117. The van der Waals surface area contributed by atoms with E-state index in [1.54, 1.807) is 0 Å². The number of anilines is 1. The van der Waals surface area contributed by atoms with Gasteiger partial charge in [0.25, 0.3) is 0 Å². The molecule has 0 aromatic heterocycles. The molecule has 23 heavy (non-hydrogen) atoms. The van der Waals surface area contributed by atoms with Crippen LogP contribution in [0.25, 0.3) is 6.08 Å². The van der Waals surface area contributed by atoms with E-state index >= 15 is 0 Å². The van der Waals surface area contributed by atoms with E-state index in [1.165, 1.54) is 0 Å². The molecule has 118 valence electrons. The van der Waals surface area contributed by atoms with Crippen LogP contribution in [0.3, 0.4) is 0 Å². The number of ketones is 1. The maximum atomic E-state index is 12.5. The van der Waals surface area contributed by atoms with Crippen LogP contribution in [0.2, 0.25) is 10.0 Å². The molecule has 2 nitrogen and oxygen atoms in total. The monoisotopic (exact) mass is 345 g/mol. The highest BCUT2D eigenvalue weighted by Crippen LogP contribution is 2.29. The lowest BCUT2D eigenvalue weighted by Crippen LogP contribution is -2.18. The van der Waals surface area contributed by atoms with Crippen molar-refractivity contribution in [2.45, 2.75) is 12.8 Å². The van der Waals surface area contributed by atoms with Gasteiger partial charge in [-0.2, -0.15) is 0 Å². The molecular formula is C19H17Cl2NO. The van der Waals surface area contributed by atoms with Crippen molar-refractivity contribution in [3.05, 3.63) is 69.7 Å². The lowest BCUT2D eigenvalue weighted by atomic mass is 10.0. The van der Waals surface area contributed by atoms with Gasteiger partial charge in [0, 0.05) is 28.2 Å². The molecule has 2 aromatic rings. The van der Waals surface area contributed by atoms with Crippen LogP contribution in [0.5, 0.6) is 0 Å². The number of benzene rings is 2. The second-order valence-electron chi connectivity index (χ2n) is 5.71. The summed E-state index contributed by atoms with van der Waals surface area (Å²) in [6, 6.07) is 15.1. The Kier molecular flexibility index (Phi) is 5.04. The van der Waals surface area contributed by atoms with Crippen molar-refractivity contribution in [3.8, 4) is 0 Å². The van der Waals surface area contributed by atoms with E-state index in [4.69, 9.17) is 23.2 Å². The van der Waals surface area contributed by atoms with Crippen LogP contribution in [0.15, 0.2) is 54.1 Å². The summed E-state index contributed by atoms with van der Waals surface area (Å²) < 4.78 is 0. The van der Waals surface area contributed by atoms with Crippen LogP contribution in [0.1, 0.15) is 18.4 Å². The van der Waals surface area contributed by atoms with E-state index in [0.717, 1.165) is 29.7 Å². The van der Waals surface area contributed by atoms with Crippen LogP contribution < -0.4 is 5.32 Å². The third kappa shape index (κ3) is 4.15. The quantitative estimate of drug-likeness (QED) is 0.744. The molecular weight excluding hydrogens is 329 g/mol. The predicted octanol–water partition coefficient (Wildman–Crippen LogP) is 5.47. The van der Waals surface area contributed by atoms with Gasteiger partial charge in [0.2, 0.25) is 0 Å². The molecule has 3 rings (SSSR count). The standard InChI is InChI=1S/C19H17Cl2NO/c20-16-5-1-13(2-6-16)11-14-3-4-15(19(14)23)12-22-18-9-7-17(21)8-10-18/h1-2,5-11,15,22H,3-4,12H2/b14-11-/t15-/m1/s1. The number of allylic oxidation sites excluding steroid dienone is 1. The van der Waals surface area contributed by atoms with Gasteiger partial charge in [0.05, 0.1) is 0 Å². The molecule has 1 aliphatic carbocycles. The summed E-state index contributed by atoms with van der Waals surface area (Å²) in [7, 11) is 0. The number of nitrogens with one attached hydrogen (secondary N) is 1. The van der Waals surface area contributed by atoms with Crippen molar-refractivity contribution in [1.29, 1.82) is 0 Å². The molecule has 0 spiro atoms. The first kappa shape index (κ1) is 16.1. The van der Waals surface area contributed by atoms with Crippen LogP contribution in [0.4, 0.5) is 5.69 Å². The first-order chi connectivity index (χ1) is 11.1. The molecule has 2 aromatic carbocycles. The molecule has 1 fully saturated rings. The molecule has 0 saturated heterocycles. The number of carbonyl (C=O) groups excluding carboxylic acids is 1. The molecule has 0 bridgehead atoms. The average Bonchev–Trinajstić information content (AvgIpc) is 2.90. The highest BCUT2D eigenvalue weighted by Gasteiger charge is 2.28. The molecule has 0 amide bonds. The normalized spacial score (nSPS) is 19.3. The molecule has 4 heteroatoms. The van der Waals surface area contributed by atoms with Gasteiger partial charge in [-0.25, -0.2) is 0 Å². The zero-order chi connectivity index (χ0) is 16.2. The maximum absolute atomic E-state index is 12.5. The first-order valence-corrected chi connectivity index (χ1v) is 8.37. The predicted molar refractivity (Wildman–Crippen MR) is 97.1 cm³/mol. The van der Waals surface area contributed by atoms with Crippen molar-refractivity contribution < 1.29 is 4.79 Å². The molecule has 1 saturated carbocycles. The lowest BCUT2D eigenvalue weighted by Gasteiger charge is -2.10. The van der Waals surface area contributed by atoms with Crippen LogP contribution in [-0.2, 0) is 4.79 Å². The fourth-order valence-corrected chi connectivity index (χ4v) is 3.01. The fourth-order valence-electron chi connectivity index (χ4n) is 2.75. The second-order valence-corrected chi connectivity index (χ2v) is 6.58. The second kappa shape index (κ2) is 7.20. The van der Waals surface area contributed by atoms with Gasteiger partial charge in [-0.15, -0.1) is 0 Å². The topological polar surface area (TPSA) is 29.1 Å². The summed E-state index contributed by atoms with van der Waals surface area (Å²) in [6.07, 6.45) is 3.69. The SMILES string of the molecule is O=C1/C(=C\c2ccc(Cl)cc2)CC[C@@H]1CNc1ccc(Cl)cc1. The van der Waals surface area contributed by atoms with E-state index in [1.807, 2.05) is 54.6 Å². The number of hydrogen-bond acceptors (Lipinski definition) is 2. The molecule has 1 aliphatic rings. The summed E-state index contributed by atoms with van der Waals surface area (Å²) in [5.41, 5.74) is 2.90. The highest BCUT2D eigenvalue weighted by atomic mass is 35.5. The molecule has 1 atom stereocenters. The Morgan fingerprint density at radius 2 is 1.61 bits per heavy atom. The van der Waals surface area contributed by atoms with Crippen molar-refractivity contribution in [2.24, 2.45) is 5.92 Å². The highest BCUT2D eigenvalue weighted by molar-refractivity contribution is 6.30. The summed E-state index contributed by atoms with van der Waals surface area (Å²) >= 11 is 11.8. The summed E-state index contributed by atoms with van der Waals surface area (Å²) in [4.78, 5) is 12.5. The summed E-state index contributed by atoms with van der Waals surface area (Å²) in [6.45, 7) is 0.651. The Hall–Kier alpha value is -1.77. The van der Waals surface area contributed by atoms with Crippen LogP contribution >= 0.6 is 23.2 Å². The van der Waals surface area contributed by atoms with Gasteiger partial charge in [-0.1, -0.05) is 35.3 Å². The van der Waals surface area contributed by atoms with E-state index in [9.17, 15) is 4.79 Å². The maximum Gasteiger partial charge on any atom is 0.163 e. The van der Waals surface area contributed by atoms with Gasteiger partial charge in [-0.3, -0.25) is 4.79 Å². The van der Waals surface area contributed by atoms with E-state index < -0.39 is 0 Å². The molecule has 0 aliphatic heterocycles. The van der Waals surface area contributed by atoms with Gasteiger partial charge in [0.15, 0.2) is 5.78 Å². The van der Waals surface area contributed by atoms with Crippen molar-refractivity contribution in [2.75, 3.05) is 11.9 Å². The Labute approximate surface area is 146 Å². The van der Waals surface area contributed by atoms with Gasteiger partial charge in [-0.05, 0) is 66.5 Å². The third-order valence-corrected chi connectivity index (χ3v) is 4.56. The van der Waals surface area contributed by atoms with Crippen LogP contribution in [-0.4, -0.2) is 12.3 Å². The minimum Gasteiger partial charge on any atom is -0.384 e. The van der Waals surface area contributed by atoms with E-state index in [-0.39, 0.29) is 11.7 Å². The Balaban J connectivity index is 1.62. The fraction of sp³-hybridized carbons (Fsp3) is 0.211. The Bertz CT molecular complexity index is 720. The van der Waals surface area contributed by atoms with Gasteiger partial charge < -0.3 is 5.32 Å². The molecule has 1 N–H and O–H groups in total. The van der Waals surface area contributed by atoms with Gasteiger partial charge in [0.1, 0.15) is 0 Å². The zero-order valence-corrected chi connectivity index (χ0v) is 14.1. The number of Topliss-reactive ketones (excluding diaryl/α,β-unsaturated/α-hetero) is 1. The minimum atomic E-state index is 0.0317. The first-order valence-electron chi connectivity index (χ1n) is 7.61. The smallest absolute Gasteiger partial charge is 0.163 e. The molecule has 0 heterocycles. The molecule has 0 unspecified atom stereocenters. The summed E-state index contributed by atoms with van der Waals surface area (Å²) in [5.74, 6) is 0.269. The Morgan fingerprint density at radius 3 is 2.26 bits per heavy atom. The number of halogens is 2. The van der Waals surface area contributed by atoms with Crippen molar-refractivity contribution in [1.82, 2.24) is 0 Å². The number of carbonyl (C=O) groups is 1. The average molecular weight is 346 g/mol. The van der Waals surface area contributed by atoms with E-state index in [2.05, 4.69) is 5.32 Å². The summed E-state index contributed by atoms with van der Waals surface area (Å²) in [5, 5.41) is 4.72. The third-order valence-electron chi connectivity index (χ3n) is 4.06. The van der Waals surface area contributed by atoms with Gasteiger partial charge >= 0.3 is 0 Å². The van der Waals surface area contributed by atoms with E-state index in [0.29, 0.717) is 16.6 Å². The number of rotatable bonds is 4. The zero-order valence-electron chi connectivity index (χ0n) is 12.6. The molecule has 0 radical (unpaired) electrons. The van der Waals surface area contributed by atoms with Crippen molar-refractivity contribution >= 4 is 40.7 Å². The largest absolute Gasteiger partial charge is 0.384 e. The minimum absolute atomic E-state index is 0.0317.